The zero-order valence-corrected chi connectivity index (χ0v) is 11.8. The second-order valence-corrected chi connectivity index (χ2v) is 5.19. The molecule has 3 N–H and O–H groups in total. The smallest absolute Gasteiger partial charge is 0.352 e. The first kappa shape index (κ1) is 13.5. The number of carboxylic acids is 1. The average Bonchev–Trinajstić information content (AvgIpc) is 2.89. The molecule has 0 saturated carbocycles. The van der Waals surface area contributed by atoms with Crippen LogP contribution in [0.15, 0.2) is 41.2 Å². The maximum atomic E-state index is 11.2. The van der Waals surface area contributed by atoms with Crippen LogP contribution in [0.1, 0.15) is 11.6 Å². The highest BCUT2D eigenvalue weighted by Gasteiger charge is 2.27. The quantitative estimate of drug-likeness (QED) is 0.742. The number of hydrogen-bond acceptors (Lipinski definition) is 6. The maximum Gasteiger partial charge on any atom is 0.352 e. The van der Waals surface area contributed by atoms with Crippen LogP contribution >= 0.6 is 11.8 Å². The van der Waals surface area contributed by atoms with Gasteiger partial charge < -0.3 is 15.5 Å². The molecule has 1 atom stereocenters. The minimum atomic E-state index is -1.07. The highest BCUT2D eigenvalue weighted by Crippen LogP contribution is 2.31. The molecule has 0 spiro atoms. The summed E-state index contributed by atoms with van der Waals surface area (Å²) in [5.74, 6) is -0.587. The number of benzene rings is 1. The minimum absolute atomic E-state index is 0.0379. The van der Waals surface area contributed by atoms with Crippen molar-refractivity contribution in [3.8, 4) is 5.75 Å². The molecule has 3 rings (SSSR count). The molecular weight excluding hydrogens is 292 g/mol. The molecule has 0 amide bonds. The molecule has 0 saturated heterocycles. The Balaban J connectivity index is 2.12. The lowest BCUT2D eigenvalue weighted by molar-refractivity contribution is -0.132. The average molecular weight is 304 g/mol. The first-order valence-electron chi connectivity index (χ1n) is 6.10. The van der Waals surface area contributed by atoms with Crippen molar-refractivity contribution in [2.24, 2.45) is 0 Å². The number of phenols is 1. The van der Waals surface area contributed by atoms with E-state index in [1.807, 2.05) is 6.26 Å². The predicted molar refractivity (Wildman–Crippen MR) is 77.4 cm³/mol. The number of aromatic hydroxyl groups is 1. The fraction of sp³-hybridized carbons (Fsp3) is 0.154. The molecule has 0 aliphatic carbocycles. The highest BCUT2D eigenvalue weighted by molar-refractivity contribution is 7.98. The molecule has 2 heterocycles. The van der Waals surface area contributed by atoms with Gasteiger partial charge in [0.2, 0.25) is 11.1 Å². The fourth-order valence-electron chi connectivity index (χ4n) is 2.13. The molecule has 1 aromatic heterocycles. The van der Waals surface area contributed by atoms with Gasteiger partial charge in [-0.15, -0.1) is 5.10 Å². The Kier molecular flexibility index (Phi) is 3.30. The zero-order valence-electron chi connectivity index (χ0n) is 11.0. The number of rotatable bonds is 3. The van der Waals surface area contributed by atoms with E-state index in [1.54, 1.807) is 35.0 Å². The topological polar surface area (TPSA) is 100 Å². The summed E-state index contributed by atoms with van der Waals surface area (Å²) in [5.41, 5.74) is 0.768. The Morgan fingerprint density at radius 2 is 2.29 bits per heavy atom. The van der Waals surface area contributed by atoms with Crippen LogP contribution in [-0.2, 0) is 4.79 Å². The van der Waals surface area contributed by atoms with Gasteiger partial charge in [0, 0.05) is 0 Å². The van der Waals surface area contributed by atoms with Gasteiger partial charge in [0.05, 0.1) is 0 Å². The van der Waals surface area contributed by atoms with Gasteiger partial charge in [-0.2, -0.15) is 4.98 Å². The molecule has 7 nitrogen and oxygen atoms in total. The highest BCUT2D eigenvalue weighted by atomic mass is 32.2. The van der Waals surface area contributed by atoms with E-state index in [-0.39, 0.29) is 11.4 Å². The lowest BCUT2D eigenvalue weighted by Crippen LogP contribution is -2.24. The van der Waals surface area contributed by atoms with Crippen molar-refractivity contribution in [2.45, 2.75) is 11.2 Å². The summed E-state index contributed by atoms with van der Waals surface area (Å²) < 4.78 is 1.60. The largest absolute Gasteiger partial charge is 0.508 e. The van der Waals surface area contributed by atoms with Crippen LogP contribution in [0.5, 0.6) is 5.75 Å². The molecule has 1 aliphatic heterocycles. The summed E-state index contributed by atoms with van der Waals surface area (Å²) in [6.45, 7) is 0. The third kappa shape index (κ3) is 2.45. The Bertz CT molecular complexity index is 741. The molecule has 0 radical (unpaired) electrons. The molecular formula is C13H12N4O3S. The van der Waals surface area contributed by atoms with Crippen LogP contribution in [0.25, 0.3) is 0 Å². The van der Waals surface area contributed by atoms with Crippen LogP contribution in [0, 0.1) is 0 Å². The lowest BCUT2D eigenvalue weighted by Gasteiger charge is -2.22. The standard InChI is InChI=1S/C13H12N4O3S/c1-21-13-15-12-14-9(11(19)20)6-10(17(12)16-13)7-3-2-4-8(18)5-7/h2-6,10,18H,1H3,(H,19,20)(H,14,15,16). The van der Waals surface area contributed by atoms with Gasteiger partial charge in [0.15, 0.2) is 0 Å². The first-order chi connectivity index (χ1) is 10.1. The molecule has 0 fully saturated rings. The van der Waals surface area contributed by atoms with Crippen LogP contribution < -0.4 is 5.32 Å². The number of carboxylic acid groups (broad SMARTS) is 1. The van der Waals surface area contributed by atoms with Crippen molar-refractivity contribution in [1.29, 1.82) is 0 Å². The molecule has 0 bridgehead atoms. The number of carbonyl (C=O) groups is 1. The number of aliphatic carboxylic acids is 1. The predicted octanol–water partition coefficient (Wildman–Crippen LogP) is 1.69. The Morgan fingerprint density at radius 1 is 1.48 bits per heavy atom. The normalized spacial score (nSPS) is 16.8. The number of anilines is 1. The van der Waals surface area contributed by atoms with E-state index >= 15 is 0 Å². The molecule has 1 unspecified atom stereocenters. The lowest BCUT2D eigenvalue weighted by atomic mass is 10.0. The summed E-state index contributed by atoms with van der Waals surface area (Å²) >= 11 is 1.37. The number of aromatic nitrogens is 3. The van der Waals surface area contributed by atoms with Crippen LogP contribution in [0.3, 0.4) is 0 Å². The summed E-state index contributed by atoms with van der Waals surface area (Å²) in [5, 5.41) is 26.4. The fourth-order valence-corrected chi connectivity index (χ4v) is 2.48. The third-order valence-corrected chi connectivity index (χ3v) is 3.61. The van der Waals surface area contributed by atoms with E-state index in [9.17, 15) is 15.0 Å². The Labute approximate surface area is 124 Å². The van der Waals surface area contributed by atoms with E-state index < -0.39 is 12.0 Å². The van der Waals surface area contributed by atoms with Gasteiger partial charge in [-0.25, -0.2) is 9.48 Å². The number of fused-ring (bicyclic) bond motifs is 1. The Hall–Kier alpha value is -2.48. The van der Waals surface area contributed by atoms with Crippen molar-refractivity contribution >= 4 is 23.7 Å². The SMILES string of the molecule is CSc1nc2n(n1)C(c1cccc(O)c1)C=C(C(=O)O)N2. The van der Waals surface area contributed by atoms with Gasteiger partial charge in [0.1, 0.15) is 17.5 Å². The second kappa shape index (κ2) is 5.13. The van der Waals surface area contributed by atoms with Gasteiger partial charge in [-0.1, -0.05) is 23.9 Å². The molecule has 1 aromatic carbocycles. The minimum Gasteiger partial charge on any atom is -0.508 e. The summed E-state index contributed by atoms with van der Waals surface area (Å²) in [4.78, 5) is 15.5. The second-order valence-electron chi connectivity index (χ2n) is 4.42. The van der Waals surface area contributed by atoms with E-state index in [0.29, 0.717) is 11.1 Å². The summed E-state index contributed by atoms with van der Waals surface area (Å²) in [6, 6.07) is 6.20. The van der Waals surface area contributed by atoms with Crippen LogP contribution in [-0.4, -0.2) is 37.2 Å². The Morgan fingerprint density at radius 3 is 2.95 bits per heavy atom. The van der Waals surface area contributed by atoms with Crippen molar-refractivity contribution in [3.05, 3.63) is 41.6 Å². The molecule has 21 heavy (non-hydrogen) atoms. The van der Waals surface area contributed by atoms with E-state index in [2.05, 4.69) is 15.4 Å². The van der Waals surface area contributed by atoms with Gasteiger partial charge in [-0.3, -0.25) is 0 Å². The monoisotopic (exact) mass is 304 g/mol. The number of thioether (sulfide) groups is 1. The third-order valence-electron chi connectivity index (χ3n) is 3.07. The van der Waals surface area contributed by atoms with Crippen molar-refractivity contribution < 1.29 is 15.0 Å². The number of allylic oxidation sites excluding steroid dienone is 1. The zero-order chi connectivity index (χ0) is 15.0. The van der Waals surface area contributed by atoms with Crippen molar-refractivity contribution in [3.63, 3.8) is 0 Å². The van der Waals surface area contributed by atoms with E-state index in [0.717, 1.165) is 5.56 Å². The molecule has 2 aromatic rings. The van der Waals surface area contributed by atoms with Crippen molar-refractivity contribution in [1.82, 2.24) is 14.8 Å². The van der Waals surface area contributed by atoms with E-state index in [4.69, 9.17) is 0 Å². The van der Waals surface area contributed by atoms with Gasteiger partial charge in [-0.05, 0) is 30.0 Å². The first-order valence-corrected chi connectivity index (χ1v) is 7.32. The summed E-state index contributed by atoms with van der Waals surface area (Å²) in [6.07, 6.45) is 3.39. The van der Waals surface area contributed by atoms with E-state index in [1.165, 1.54) is 11.8 Å². The number of hydrogen-bond donors (Lipinski definition) is 3. The molecule has 1 aliphatic rings. The molecule has 108 valence electrons. The summed E-state index contributed by atoms with van der Waals surface area (Å²) in [7, 11) is 0. The van der Waals surface area contributed by atoms with Gasteiger partial charge in [0.25, 0.3) is 0 Å². The number of phenolic OH excluding ortho intramolecular Hbond substituents is 1. The van der Waals surface area contributed by atoms with Crippen LogP contribution in [0.2, 0.25) is 0 Å². The number of nitrogens with one attached hydrogen (secondary N) is 1. The maximum absolute atomic E-state index is 11.2. The van der Waals surface area contributed by atoms with Crippen LogP contribution in [0.4, 0.5) is 5.95 Å². The molecule has 8 heteroatoms. The van der Waals surface area contributed by atoms with Gasteiger partial charge >= 0.3 is 5.97 Å². The number of nitrogens with zero attached hydrogens (tertiary/aromatic N) is 3. The van der Waals surface area contributed by atoms with Crippen molar-refractivity contribution in [2.75, 3.05) is 11.6 Å².